The molecule has 0 fully saturated rings. The summed E-state index contributed by atoms with van der Waals surface area (Å²) in [5.74, 6) is 0.386. The highest BCUT2D eigenvalue weighted by molar-refractivity contribution is 6.24. The molecule has 0 aliphatic heterocycles. The van der Waals surface area contributed by atoms with Crippen molar-refractivity contribution in [2.45, 2.75) is 89.0 Å². The van der Waals surface area contributed by atoms with E-state index in [1.165, 1.54) is 128 Å². The SMILES string of the molecule is Cc1ccc(N(c2cc(C)c(C)c(C)c2)c2cc3c4ccc(C(C)C)cc4c(N(c4ccc(C)c(C)c4)c4cc(C)c(C)c(C)c4)cc3c3ccccc23)cc1C. The molecule has 57 heavy (non-hydrogen) atoms. The molecule has 8 aromatic rings. The zero-order chi connectivity index (χ0) is 40.4. The fourth-order valence-corrected chi connectivity index (χ4v) is 8.58. The highest BCUT2D eigenvalue weighted by Gasteiger charge is 2.24. The van der Waals surface area contributed by atoms with Gasteiger partial charge in [-0.25, -0.2) is 0 Å². The van der Waals surface area contributed by atoms with Crippen molar-refractivity contribution < 1.29 is 0 Å². The Balaban J connectivity index is 1.52. The Kier molecular flexibility index (Phi) is 9.73. The van der Waals surface area contributed by atoms with Gasteiger partial charge in [-0.3, -0.25) is 0 Å². The van der Waals surface area contributed by atoms with Crippen molar-refractivity contribution in [2.75, 3.05) is 9.80 Å². The predicted octanol–water partition coefficient (Wildman–Crippen LogP) is 16.3. The summed E-state index contributed by atoms with van der Waals surface area (Å²) in [6, 6.07) is 44.5. The molecule has 286 valence electrons. The molecule has 0 aromatic heterocycles. The largest absolute Gasteiger partial charge is 0.310 e. The molecule has 0 amide bonds. The number of hydrogen-bond acceptors (Lipinski definition) is 2. The Hall–Kier alpha value is -5.86. The molecule has 0 spiro atoms. The second-order valence-corrected chi connectivity index (χ2v) is 17.0. The standard InChI is InChI=1S/C55H56N2/c1-32(2)43-19-22-49-52-30-54(56(44-20-17-33(3)35(5)23-44)46-25-37(7)41(11)38(8)26-46)50-16-14-13-15-48(50)51(52)31-55(53(49)29-43)57(45-21-18-34(4)36(6)24-45)47-27-39(9)42(12)40(10)28-47/h13-32H,1-12H3. The fraction of sp³-hybridized carbons (Fsp3) is 0.236. The second kappa shape index (κ2) is 14.6. The van der Waals surface area contributed by atoms with Crippen LogP contribution in [0.4, 0.5) is 34.1 Å². The van der Waals surface area contributed by atoms with Gasteiger partial charge in [-0.1, -0.05) is 62.4 Å². The summed E-state index contributed by atoms with van der Waals surface area (Å²) in [5, 5.41) is 7.48. The highest BCUT2D eigenvalue weighted by Crippen LogP contribution is 2.49. The first kappa shape index (κ1) is 38.0. The lowest BCUT2D eigenvalue weighted by atomic mass is 9.90. The number of benzene rings is 8. The van der Waals surface area contributed by atoms with Crippen molar-refractivity contribution in [2.24, 2.45) is 0 Å². The number of aryl methyl sites for hydroxylation is 8. The number of hydrogen-bond donors (Lipinski definition) is 0. The van der Waals surface area contributed by atoms with Gasteiger partial charge in [0.1, 0.15) is 0 Å². The molecule has 0 heterocycles. The Morgan fingerprint density at radius 2 is 0.719 bits per heavy atom. The van der Waals surface area contributed by atoms with E-state index < -0.39 is 0 Å². The summed E-state index contributed by atoms with van der Waals surface area (Å²) >= 11 is 0. The third kappa shape index (κ3) is 6.65. The van der Waals surface area contributed by atoms with Crippen molar-refractivity contribution in [3.63, 3.8) is 0 Å². The third-order valence-corrected chi connectivity index (χ3v) is 12.9. The van der Waals surface area contributed by atoms with Gasteiger partial charge in [0.2, 0.25) is 0 Å². The summed E-state index contributed by atoms with van der Waals surface area (Å²) in [6.45, 7) is 26.9. The summed E-state index contributed by atoms with van der Waals surface area (Å²) < 4.78 is 0. The number of nitrogens with zero attached hydrogens (tertiary/aromatic N) is 2. The average molecular weight is 745 g/mol. The fourth-order valence-electron chi connectivity index (χ4n) is 8.58. The number of fused-ring (bicyclic) bond motifs is 5. The summed E-state index contributed by atoms with van der Waals surface area (Å²) in [4.78, 5) is 5.01. The van der Waals surface area contributed by atoms with Crippen LogP contribution < -0.4 is 9.80 Å². The summed E-state index contributed by atoms with van der Waals surface area (Å²) in [6.07, 6.45) is 0. The summed E-state index contributed by atoms with van der Waals surface area (Å²) in [5.41, 5.74) is 21.5. The minimum absolute atomic E-state index is 0.386. The van der Waals surface area contributed by atoms with Gasteiger partial charge < -0.3 is 9.80 Å². The molecule has 8 rings (SSSR count). The van der Waals surface area contributed by atoms with Gasteiger partial charge in [0.25, 0.3) is 0 Å². The van der Waals surface area contributed by atoms with E-state index in [0.717, 1.165) is 0 Å². The molecule has 0 unspecified atom stereocenters. The lowest BCUT2D eigenvalue weighted by molar-refractivity contribution is 0.869. The monoisotopic (exact) mass is 744 g/mol. The molecular formula is C55H56N2. The molecule has 0 saturated carbocycles. The topological polar surface area (TPSA) is 6.48 Å². The number of anilines is 6. The van der Waals surface area contributed by atoms with Crippen molar-refractivity contribution in [1.82, 2.24) is 0 Å². The van der Waals surface area contributed by atoms with E-state index in [4.69, 9.17) is 0 Å². The van der Waals surface area contributed by atoms with Crippen LogP contribution in [-0.2, 0) is 0 Å². The van der Waals surface area contributed by atoms with Gasteiger partial charge in [-0.2, -0.15) is 0 Å². The van der Waals surface area contributed by atoms with Crippen molar-refractivity contribution >= 4 is 66.4 Å². The molecular weight excluding hydrogens is 689 g/mol. The highest BCUT2D eigenvalue weighted by atomic mass is 15.2. The molecule has 0 N–H and O–H groups in total. The normalized spacial score (nSPS) is 11.7. The van der Waals surface area contributed by atoms with Crippen molar-refractivity contribution in [3.8, 4) is 0 Å². The van der Waals surface area contributed by atoms with E-state index in [2.05, 4.69) is 208 Å². The van der Waals surface area contributed by atoms with Crippen LogP contribution in [0.2, 0.25) is 0 Å². The van der Waals surface area contributed by atoms with Crippen LogP contribution in [0.25, 0.3) is 32.3 Å². The van der Waals surface area contributed by atoms with Crippen LogP contribution in [0.1, 0.15) is 81.0 Å². The Labute approximate surface area is 340 Å². The molecule has 8 aromatic carbocycles. The molecule has 0 atom stereocenters. The second-order valence-electron chi connectivity index (χ2n) is 17.0. The van der Waals surface area contributed by atoms with Gasteiger partial charge in [0, 0.05) is 33.5 Å². The number of rotatable bonds is 7. The smallest absolute Gasteiger partial charge is 0.0546 e. The lowest BCUT2D eigenvalue weighted by Crippen LogP contribution is -2.13. The van der Waals surface area contributed by atoms with Gasteiger partial charge in [0.15, 0.2) is 0 Å². The molecule has 0 aliphatic carbocycles. The first-order chi connectivity index (χ1) is 27.2. The van der Waals surface area contributed by atoms with Gasteiger partial charge in [0.05, 0.1) is 11.4 Å². The van der Waals surface area contributed by atoms with E-state index in [0.29, 0.717) is 5.92 Å². The Morgan fingerprint density at radius 3 is 1.16 bits per heavy atom. The van der Waals surface area contributed by atoms with Crippen molar-refractivity contribution in [3.05, 3.63) is 176 Å². The maximum atomic E-state index is 2.51. The van der Waals surface area contributed by atoms with Crippen LogP contribution in [0.5, 0.6) is 0 Å². The minimum Gasteiger partial charge on any atom is -0.310 e. The average Bonchev–Trinajstić information content (AvgIpc) is 3.18. The van der Waals surface area contributed by atoms with E-state index in [-0.39, 0.29) is 0 Å². The van der Waals surface area contributed by atoms with Crippen LogP contribution in [0.3, 0.4) is 0 Å². The molecule has 0 bridgehead atoms. The van der Waals surface area contributed by atoms with E-state index in [1.807, 2.05) is 0 Å². The van der Waals surface area contributed by atoms with Gasteiger partial charge in [-0.15, -0.1) is 0 Å². The Bertz CT molecular complexity index is 2840. The summed E-state index contributed by atoms with van der Waals surface area (Å²) in [7, 11) is 0. The van der Waals surface area contributed by atoms with E-state index in [9.17, 15) is 0 Å². The van der Waals surface area contributed by atoms with E-state index in [1.54, 1.807) is 0 Å². The van der Waals surface area contributed by atoms with Crippen LogP contribution in [0.15, 0.2) is 115 Å². The van der Waals surface area contributed by atoms with Crippen LogP contribution in [-0.4, -0.2) is 0 Å². The molecule has 0 radical (unpaired) electrons. The zero-order valence-corrected chi connectivity index (χ0v) is 35.9. The van der Waals surface area contributed by atoms with Crippen molar-refractivity contribution in [1.29, 1.82) is 0 Å². The minimum atomic E-state index is 0.386. The van der Waals surface area contributed by atoms with Crippen LogP contribution in [0, 0.1) is 69.2 Å². The maximum absolute atomic E-state index is 2.51. The Morgan fingerprint density at radius 1 is 0.316 bits per heavy atom. The molecule has 0 aliphatic rings. The van der Waals surface area contributed by atoms with E-state index >= 15 is 0 Å². The third-order valence-electron chi connectivity index (χ3n) is 12.9. The lowest BCUT2D eigenvalue weighted by Gasteiger charge is -2.31. The molecule has 2 nitrogen and oxygen atoms in total. The maximum Gasteiger partial charge on any atom is 0.0546 e. The quantitative estimate of drug-likeness (QED) is 0.150. The predicted molar refractivity (Wildman–Crippen MR) is 250 cm³/mol. The molecule has 0 saturated heterocycles. The zero-order valence-electron chi connectivity index (χ0n) is 35.9. The van der Waals surface area contributed by atoms with Gasteiger partial charge >= 0.3 is 0 Å². The van der Waals surface area contributed by atoms with Crippen LogP contribution >= 0.6 is 0 Å². The first-order valence-corrected chi connectivity index (χ1v) is 20.5. The first-order valence-electron chi connectivity index (χ1n) is 20.5. The molecule has 2 heteroatoms. The van der Waals surface area contributed by atoms with Gasteiger partial charge in [-0.05, 0) is 225 Å².